The number of amidine groups is 1. The molecule has 1 fully saturated rings. The van der Waals surface area contributed by atoms with Gasteiger partial charge in [-0.2, -0.15) is 0 Å². The monoisotopic (exact) mass is 512 g/mol. The lowest BCUT2D eigenvalue weighted by Gasteiger charge is -2.13. The van der Waals surface area contributed by atoms with E-state index >= 15 is 0 Å². The first-order chi connectivity index (χ1) is 16.4. The van der Waals surface area contributed by atoms with E-state index in [0.717, 1.165) is 11.1 Å². The Labute approximate surface area is 212 Å². The van der Waals surface area contributed by atoms with Crippen LogP contribution < -0.4 is 14.8 Å². The van der Waals surface area contributed by atoms with Crippen molar-refractivity contribution in [2.24, 2.45) is 4.99 Å². The second-order valence-electron chi connectivity index (χ2n) is 7.47. The number of rotatable bonds is 7. The van der Waals surface area contributed by atoms with Crippen LogP contribution in [0.15, 0.2) is 70.6 Å². The van der Waals surface area contributed by atoms with Gasteiger partial charge in [0.05, 0.1) is 27.2 Å². The number of nitrogens with one attached hydrogen (secondary N) is 1. The summed E-state index contributed by atoms with van der Waals surface area (Å²) in [6.07, 6.45) is 1.79. The number of aryl methyl sites for hydroxylation is 1. The van der Waals surface area contributed by atoms with E-state index in [1.165, 1.54) is 17.3 Å². The van der Waals surface area contributed by atoms with Crippen molar-refractivity contribution in [1.82, 2.24) is 5.32 Å². The van der Waals surface area contributed by atoms with Crippen molar-refractivity contribution in [3.8, 4) is 11.5 Å². The summed E-state index contributed by atoms with van der Waals surface area (Å²) in [6, 6.07) is 19.0. The smallest absolute Gasteiger partial charge is 0.264 e. The van der Waals surface area contributed by atoms with Gasteiger partial charge in [-0.1, -0.05) is 65.2 Å². The molecular formula is C26H22Cl2N2O3S. The number of hydrogen-bond donors (Lipinski definition) is 1. The zero-order valence-electron chi connectivity index (χ0n) is 18.6. The van der Waals surface area contributed by atoms with Crippen LogP contribution in [0.2, 0.25) is 10.0 Å². The van der Waals surface area contributed by atoms with Gasteiger partial charge in [0.25, 0.3) is 5.91 Å². The highest BCUT2D eigenvalue weighted by Crippen LogP contribution is 2.35. The van der Waals surface area contributed by atoms with E-state index in [0.29, 0.717) is 50.5 Å². The molecule has 4 rings (SSSR count). The summed E-state index contributed by atoms with van der Waals surface area (Å²) < 4.78 is 11.8. The lowest BCUT2D eigenvalue weighted by molar-refractivity contribution is -0.115. The normalized spacial score (nSPS) is 15.6. The molecule has 1 aliphatic heterocycles. The molecule has 1 amide bonds. The van der Waals surface area contributed by atoms with E-state index in [4.69, 9.17) is 32.7 Å². The Balaban J connectivity index is 1.52. The summed E-state index contributed by atoms with van der Waals surface area (Å²) in [7, 11) is 0. The first kappa shape index (κ1) is 24.2. The van der Waals surface area contributed by atoms with Crippen molar-refractivity contribution >= 4 is 57.8 Å². The minimum absolute atomic E-state index is 0.237. The highest BCUT2D eigenvalue weighted by atomic mass is 35.5. The van der Waals surface area contributed by atoms with Gasteiger partial charge in [0.15, 0.2) is 16.7 Å². The van der Waals surface area contributed by atoms with E-state index in [9.17, 15) is 4.79 Å². The van der Waals surface area contributed by atoms with Gasteiger partial charge in [-0.05, 0) is 67.1 Å². The molecule has 0 aromatic heterocycles. The predicted molar refractivity (Wildman–Crippen MR) is 140 cm³/mol. The number of carbonyl (C=O) groups is 1. The standard InChI is InChI=1S/C26H22Cl2N2O3S/c1-3-32-22-13-18(11-12-21(22)33-15-17-9-7-16(2)8-10-17)14-23-25(31)30-26(34-23)29-20-6-4-5-19(27)24(20)28/h4-14H,3,15H2,1-2H3,(H,29,30,31)/b23-14+. The van der Waals surface area contributed by atoms with Crippen molar-refractivity contribution in [3.05, 3.63) is 92.3 Å². The summed E-state index contributed by atoms with van der Waals surface area (Å²) in [4.78, 5) is 17.4. The zero-order chi connectivity index (χ0) is 24.1. The molecule has 3 aromatic carbocycles. The van der Waals surface area contributed by atoms with E-state index in [-0.39, 0.29) is 5.91 Å². The molecular weight excluding hydrogens is 491 g/mol. The molecule has 1 N–H and O–H groups in total. The summed E-state index contributed by atoms with van der Waals surface area (Å²) in [5, 5.41) is 3.94. The topological polar surface area (TPSA) is 59.9 Å². The molecule has 0 atom stereocenters. The highest BCUT2D eigenvalue weighted by molar-refractivity contribution is 8.18. The molecule has 8 heteroatoms. The second kappa shape index (κ2) is 11.0. The third-order valence-electron chi connectivity index (χ3n) is 4.88. The molecule has 3 aromatic rings. The van der Waals surface area contributed by atoms with E-state index < -0.39 is 0 Å². The Morgan fingerprint density at radius 3 is 2.59 bits per heavy atom. The largest absolute Gasteiger partial charge is 0.490 e. The van der Waals surface area contributed by atoms with Gasteiger partial charge in [0.2, 0.25) is 0 Å². The van der Waals surface area contributed by atoms with Crippen LogP contribution in [0.3, 0.4) is 0 Å². The lowest BCUT2D eigenvalue weighted by Crippen LogP contribution is -2.19. The zero-order valence-corrected chi connectivity index (χ0v) is 20.9. The SMILES string of the molecule is CCOc1cc(/C=C2/SC(=Nc3cccc(Cl)c3Cl)NC2=O)ccc1OCc1ccc(C)cc1. The number of thioether (sulfide) groups is 1. The van der Waals surface area contributed by atoms with E-state index in [2.05, 4.69) is 29.4 Å². The van der Waals surface area contributed by atoms with Gasteiger partial charge in [-0.25, -0.2) is 4.99 Å². The highest BCUT2D eigenvalue weighted by Gasteiger charge is 2.24. The molecule has 0 saturated carbocycles. The summed E-state index contributed by atoms with van der Waals surface area (Å²) in [6.45, 7) is 4.90. The number of carbonyl (C=O) groups excluding carboxylic acids is 1. The second-order valence-corrected chi connectivity index (χ2v) is 9.28. The fourth-order valence-electron chi connectivity index (χ4n) is 3.17. The maximum atomic E-state index is 12.5. The summed E-state index contributed by atoms with van der Waals surface area (Å²) in [5.74, 6) is 1.03. The van der Waals surface area contributed by atoms with Crippen LogP contribution in [-0.4, -0.2) is 17.7 Å². The number of nitrogens with zero attached hydrogens (tertiary/aromatic N) is 1. The molecule has 0 spiro atoms. The quantitative estimate of drug-likeness (QED) is 0.340. The fourth-order valence-corrected chi connectivity index (χ4v) is 4.34. The van der Waals surface area contributed by atoms with Crippen LogP contribution >= 0.6 is 35.0 Å². The molecule has 1 heterocycles. The minimum Gasteiger partial charge on any atom is -0.490 e. The third-order valence-corrected chi connectivity index (χ3v) is 6.60. The predicted octanol–water partition coefficient (Wildman–Crippen LogP) is 7.17. The van der Waals surface area contributed by atoms with Crippen LogP contribution in [0, 0.1) is 6.92 Å². The van der Waals surface area contributed by atoms with Gasteiger partial charge in [-0.15, -0.1) is 0 Å². The van der Waals surface area contributed by atoms with E-state index in [1.807, 2.05) is 37.3 Å². The Kier molecular flexibility index (Phi) is 7.83. The number of amides is 1. The number of ether oxygens (including phenoxy) is 2. The Bertz CT molecular complexity index is 1270. The lowest BCUT2D eigenvalue weighted by atomic mass is 10.1. The minimum atomic E-state index is -0.237. The van der Waals surface area contributed by atoms with E-state index in [1.54, 1.807) is 24.3 Å². The number of benzene rings is 3. The average Bonchev–Trinajstić information content (AvgIpc) is 3.16. The maximum absolute atomic E-state index is 12.5. The maximum Gasteiger partial charge on any atom is 0.264 e. The number of halogens is 2. The Hall–Kier alpha value is -2.93. The molecule has 174 valence electrons. The molecule has 34 heavy (non-hydrogen) atoms. The number of hydrogen-bond acceptors (Lipinski definition) is 5. The molecule has 0 bridgehead atoms. The molecule has 0 unspecified atom stereocenters. The van der Waals surface area contributed by atoms with Crippen LogP contribution in [0.5, 0.6) is 11.5 Å². The van der Waals surface area contributed by atoms with Crippen molar-refractivity contribution in [2.75, 3.05) is 6.61 Å². The third kappa shape index (κ3) is 5.95. The fraction of sp³-hybridized carbons (Fsp3) is 0.154. The van der Waals surface area contributed by atoms with Crippen LogP contribution in [0.1, 0.15) is 23.6 Å². The van der Waals surface area contributed by atoms with Gasteiger partial charge in [0, 0.05) is 0 Å². The summed E-state index contributed by atoms with van der Waals surface area (Å²) in [5.41, 5.74) is 3.58. The van der Waals surface area contributed by atoms with Gasteiger partial charge >= 0.3 is 0 Å². The molecule has 1 aliphatic rings. The van der Waals surface area contributed by atoms with Crippen LogP contribution in [-0.2, 0) is 11.4 Å². The Morgan fingerprint density at radius 1 is 1.03 bits per heavy atom. The van der Waals surface area contributed by atoms with Gasteiger partial charge in [-0.3, -0.25) is 4.79 Å². The van der Waals surface area contributed by atoms with Crippen molar-refractivity contribution in [2.45, 2.75) is 20.5 Å². The summed E-state index contributed by atoms with van der Waals surface area (Å²) >= 11 is 13.5. The molecule has 0 radical (unpaired) electrons. The van der Waals surface area contributed by atoms with Crippen LogP contribution in [0.4, 0.5) is 5.69 Å². The number of aliphatic imine (C=N–C) groups is 1. The molecule has 1 saturated heterocycles. The first-order valence-corrected chi connectivity index (χ1v) is 12.2. The molecule has 0 aliphatic carbocycles. The van der Waals surface area contributed by atoms with Crippen molar-refractivity contribution < 1.29 is 14.3 Å². The Morgan fingerprint density at radius 2 is 1.82 bits per heavy atom. The van der Waals surface area contributed by atoms with Crippen molar-refractivity contribution in [3.63, 3.8) is 0 Å². The van der Waals surface area contributed by atoms with Gasteiger partial charge < -0.3 is 14.8 Å². The average molecular weight is 513 g/mol. The first-order valence-electron chi connectivity index (χ1n) is 10.6. The van der Waals surface area contributed by atoms with Crippen LogP contribution in [0.25, 0.3) is 6.08 Å². The molecule has 5 nitrogen and oxygen atoms in total. The van der Waals surface area contributed by atoms with Crippen molar-refractivity contribution in [1.29, 1.82) is 0 Å². The van der Waals surface area contributed by atoms with Gasteiger partial charge in [0.1, 0.15) is 6.61 Å².